The van der Waals surface area contributed by atoms with Crippen LogP contribution in [-0.4, -0.2) is 0 Å². The molecular weight excluding hydrogens is 657 g/mol. The zero-order valence-electron chi connectivity index (χ0n) is 30.3. The van der Waals surface area contributed by atoms with Gasteiger partial charge in [0.15, 0.2) is 0 Å². The van der Waals surface area contributed by atoms with E-state index in [1.165, 1.54) is 150 Å². The first-order valence-electron chi connectivity index (χ1n) is 20.2. The highest BCUT2D eigenvalue weighted by atomic mass is 32.1. The predicted octanol–water partition coefficient (Wildman–Crippen LogP) is 16.1. The van der Waals surface area contributed by atoms with Crippen molar-refractivity contribution in [3.8, 4) is 22.3 Å². The van der Waals surface area contributed by atoms with Crippen LogP contribution >= 0.6 is 11.3 Å². The Morgan fingerprint density at radius 1 is 0.358 bits per heavy atom. The van der Waals surface area contributed by atoms with E-state index in [0.717, 1.165) is 0 Å². The molecule has 9 aromatic rings. The first-order valence-corrected chi connectivity index (χ1v) is 21.0. The maximum absolute atomic E-state index is 2.53. The molecule has 1 aromatic heterocycles. The molecule has 0 N–H and O–H groups in total. The van der Waals surface area contributed by atoms with Gasteiger partial charge in [0.1, 0.15) is 0 Å². The topological polar surface area (TPSA) is 0 Å². The number of hydrogen-bond donors (Lipinski definition) is 0. The van der Waals surface area contributed by atoms with Crippen LogP contribution in [0.15, 0.2) is 133 Å². The summed E-state index contributed by atoms with van der Waals surface area (Å²) in [4.78, 5) is 0. The van der Waals surface area contributed by atoms with Crippen LogP contribution in [0.2, 0.25) is 0 Å². The predicted molar refractivity (Wildman–Crippen MR) is 232 cm³/mol. The van der Waals surface area contributed by atoms with Gasteiger partial charge in [-0.25, -0.2) is 0 Å². The Hall–Kier alpha value is -4.98. The molecular formula is C52H44S. The zero-order valence-corrected chi connectivity index (χ0v) is 31.2. The standard InChI is InChI=1S/C52H44S/c1-3-16-33(17-4-1)48-36-20-7-9-22-38(36)50(39-23-10-8-21-37(39)48)35-30-31-46-45(32-35)52-44(28-15-29-47(52)53-46)51-42-26-13-11-24-40(42)49(34-18-5-2-6-19-34)41-25-12-14-27-43(41)51/h7-15,20-34H,1-6,16-19H2. The second-order valence-electron chi connectivity index (χ2n) is 15.9. The number of benzene rings is 8. The summed E-state index contributed by atoms with van der Waals surface area (Å²) in [5.74, 6) is 1.26. The van der Waals surface area contributed by atoms with Crippen molar-refractivity contribution in [1.29, 1.82) is 0 Å². The maximum atomic E-state index is 2.53. The third-order valence-electron chi connectivity index (χ3n) is 13.0. The van der Waals surface area contributed by atoms with E-state index in [1.807, 2.05) is 11.3 Å². The van der Waals surface area contributed by atoms with Gasteiger partial charge < -0.3 is 0 Å². The molecule has 258 valence electrons. The van der Waals surface area contributed by atoms with Crippen molar-refractivity contribution in [1.82, 2.24) is 0 Å². The molecule has 2 aliphatic carbocycles. The van der Waals surface area contributed by atoms with Crippen molar-refractivity contribution in [2.75, 3.05) is 0 Å². The van der Waals surface area contributed by atoms with E-state index < -0.39 is 0 Å². The van der Waals surface area contributed by atoms with E-state index in [4.69, 9.17) is 0 Å². The summed E-state index contributed by atoms with van der Waals surface area (Å²) in [6, 6.07) is 51.6. The Bertz CT molecular complexity index is 2740. The van der Waals surface area contributed by atoms with E-state index in [-0.39, 0.29) is 0 Å². The highest BCUT2D eigenvalue weighted by molar-refractivity contribution is 7.26. The fraction of sp³-hybridized carbons (Fsp3) is 0.231. The molecule has 0 bridgehead atoms. The van der Waals surface area contributed by atoms with Crippen LogP contribution in [0.25, 0.3) is 85.5 Å². The number of thiophene rings is 1. The van der Waals surface area contributed by atoms with Gasteiger partial charge in [-0.15, -0.1) is 11.3 Å². The summed E-state index contributed by atoms with van der Waals surface area (Å²) in [6.45, 7) is 0. The fourth-order valence-electron chi connectivity index (χ4n) is 10.8. The minimum Gasteiger partial charge on any atom is -0.135 e. The van der Waals surface area contributed by atoms with Gasteiger partial charge in [-0.2, -0.15) is 0 Å². The van der Waals surface area contributed by atoms with Gasteiger partial charge in [-0.05, 0) is 132 Å². The molecule has 0 unspecified atom stereocenters. The lowest BCUT2D eigenvalue weighted by Crippen LogP contribution is -2.06. The molecule has 2 aliphatic rings. The Morgan fingerprint density at radius 3 is 1.30 bits per heavy atom. The molecule has 0 radical (unpaired) electrons. The van der Waals surface area contributed by atoms with Gasteiger partial charge >= 0.3 is 0 Å². The maximum Gasteiger partial charge on any atom is 0.0361 e. The van der Waals surface area contributed by atoms with Gasteiger partial charge in [-0.1, -0.05) is 154 Å². The van der Waals surface area contributed by atoms with E-state index in [0.29, 0.717) is 11.8 Å². The Labute approximate surface area is 316 Å². The van der Waals surface area contributed by atoms with Crippen LogP contribution in [0.4, 0.5) is 0 Å². The number of hydrogen-bond acceptors (Lipinski definition) is 1. The minimum atomic E-state index is 0.627. The van der Waals surface area contributed by atoms with Gasteiger partial charge in [0, 0.05) is 20.2 Å². The molecule has 2 saturated carbocycles. The SMILES string of the molecule is c1cc(-c2c3ccccc3c(C3CCCCC3)c3ccccc23)c2c(c1)sc1ccc(-c3c4ccccc4c(C4CCCCC4)c4ccccc34)cc12. The smallest absolute Gasteiger partial charge is 0.0361 e. The van der Waals surface area contributed by atoms with E-state index in [9.17, 15) is 0 Å². The summed E-state index contributed by atoms with van der Waals surface area (Å²) in [5, 5.41) is 14.1. The van der Waals surface area contributed by atoms with Crippen molar-refractivity contribution in [3.63, 3.8) is 0 Å². The third kappa shape index (κ3) is 5.00. The Balaban J connectivity index is 1.19. The average molecular weight is 701 g/mol. The molecule has 11 rings (SSSR count). The molecule has 0 saturated heterocycles. The summed E-state index contributed by atoms with van der Waals surface area (Å²) >= 11 is 1.94. The van der Waals surface area contributed by atoms with Crippen LogP contribution < -0.4 is 0 Å². The monoisotopic (exact) mass is 700 g/mol. The summed E-state index contributed by atoms with van der Waals surface area (Å²) in [5.41, 5.74) is 8.60. The first kappa shape index (κ1) is 31.5. The van der Waals surface area contributed by atoms with Crippen LogP contribution in [-0.2, 0) is 0 Å². The zero-order chi connectivity index (χ0) is 34.9. The van der Waals surface area contributed by atoms with E-state index in [1.54, 1.807) is 11.1 Å². The van der Waals surface area contributed by atoms with Crippen LogP contribution in [0.5, 0.6) is 0 Å². The summed E-state index contributed by atoms with van der Waals surface area (Å²) in [7, 11) is 0. The minimum absolute atomic E-state index is 0.627. The molecule has 8 aromatic carbocycles. The summed E-state index contributed by atoms with van der Waals surface area (Å²) < 4.78 is 2.72. The molecule has 0 nitrogen and oxygen atoms in total. The van der Waals surface area contributed by atoms with Crippen LogP contribution in [0.3, 0.4) is 0 Å². The van der Waals surface area contributed by atoms with Gasteiger partial charge in [0.2, 0.25) is 0 Å². The highest BCUT2D eigenvalue weighted by Gasteiger charge is 2.26. The van der Waals surface area contributed by atoms with Crippen molar-refractivity contribution < 1.29 is 0 Å². The van der Waals surface area contributed by atoms with Gasteiger partial charge in [-0.3, -0.25) is 0 Å². The largest absolute Gasteiger partial charge is 0.135 e. The van der Waals surface area contributed by atoms with Crippen molar-refractivity contribution in [2.24, 2.45) is 0 Å². The summed E-state index contributed by atoms with van der Waals surface area (Å²) in [6.07, 6.45) is 13.3. The number of rotatable bonds is 4. The van der Waals surface area contributed by atoms with Crippen molar-refractivity contribution >= 4 is 74.6 Å². The second-order valence-corrected chi connectivity index (χ2v) is 17.0. The van der Waals surface area contributed by atoms with Gasteiger partial charge in [0.05, 0.1) is 0 Å². The van der Waals surface area contributed by atoms with E-state index >= 15 is 0 Å². The number of fused-ring (bicyclic) bond motifs is 7. The van der Waals surface area contributed by atoms with Crippen molar-refractivity contribution in [3.05, 3.63) is 145 Å². The molecule has 1 heteroatoms. The van der Waals surface area contributed by atoms with Crippen molar-refractivity contribution in [2.45, 2.75) is 76.0 Å². The molecule has 1 heterocycles. The normalized spacial score (nSPS) is 16.2. The quantitative estimate of drug-likeness (QED) is 0.160. The first-order chi connectivity index (χ1) is 26.3. The van der Waals surface area contributed by atoms with Crippen LogP contribution in [0, 0.1) is 0 Å². The molecule has 2 fully saturated rings. The Kier molecular flexibility index (Phi) is 7.65. The molecule has 53 heavy (non-hydrogen) atoms. The van der Waals surface area contributed by atoms with Gasteiger partial charge in [0.25, 0.3) is 0 Å². The van der Waals surface area contributed by atoms with Crippen LogP contribution in [0.1, 0.15) is 87.2 Å². The average Bonchev–Trinajstić information content (AvgIpc) is 3.61. The third-order valence-corrected chi connectivity index (χ3v) is 14.2. The lowest BCUT2D eigenvalue weighted by Gasteiger charge is -2.27. The lowest BCUT2D eigenvalue weighted by molar-refractivity contribution is 0.447. The molecule has 0 amide bonds. The highest BCUT2D eigenvalue weighted by Crippen LogP contribution is 2.50. The van der Waals surface area contributed by atoms with E-state index in [2.05, 4.69) is 133 Å². The fourth-order valence-corrected chi connectivity index (χ4v) is 11.9. The Morgan fingerprint density at radius 2 is 0.811 bits per heavy atom. The molecule has 0 spiro atoms. The lowest BCUT2D eigenvalue weighted by atomic mass is 9.77. The second kappa shape index (κ2) is 12.9. The molecule has 0 aliphatic heterocycles. The molecule has 0 atom stereocenters.